The van der Waals surface area contributed by atoms with Crippen LogP contribution in [-0.4, -0.2) is 15.6 Å². The number of hydrogen-bond acceptors (Lipinski definition) is 2. The molecule has 0 fully saturated rings. The SMILES string of the molecule is CSc1ncn2ccccc12. The fourth-order valence-corrected chi connectivity index (χ4v) is 1.61. The Balaban J connectivity index is 2.76. The molecule has 0 N–H and O–H groups in total. The van der Waals surface area contributed by atoms with Gasteiger partial charge < -0.3 is 4.40 Å². The molecule has 11 heavy (non-hydrogen) atoms. The van der Waals surface area contributed by atoms with E-state index in [0.29, 0.717) is 0 Å². The molecule has 0 unspecified atom stereocenters. The first-order chi connectivity index (χ1) is 5.42. The van der Waals surface area contributed by atoms with E-state index in [-0.39, 0.29) is 0 Å². The lowest BCUT2D eigenvalue weighted by molar-refractivity contribution is 1.14. The maximum Gasteiger partial charge on any atom is 0.122 e. The number of fused-ring (bicyclic) bond motifs is 1. The molecule has 2 aromatic rings. The van der Waals surface area contributed by atoms with Crippen LogP contribution in [-0.2, 0) is 0 Å². The lowest BCUT2D eigenvalue weighted by Crippen LogP contribution is -1.77. The molecule has 2 nitrogen and oxygen atoms in total. The molecule has 0 atom stereocenters. The third kappa shape index (κ3) is 1.01. The number of pyridine rings is 1. The van der Waals surface area contributed by atoms with Crippen molar-refractivity contribution < 1.29 is 0 Å². The summed E-state index contributed by atoms with van der Waals surface area (Å²) in [5.74, 6) is 0. The van der Waals surface area contributed by atoms with Gasteiger partial charge in [-0.05, 0) is 18.4 Å². The average Bonchev–Trinajstić information content (AvgIpc) is 2.47. The summed E-state index contributed by atoms with van der Waals surface area (Å²) in [6, 6.07) is 6.09. The summed E-state index contributed by atoms with van der Waals surface area (Å²) in [6.07, 6.45) is 5.87. The minimum absolute atomic E-state index is 1.09. The second-order valence-electron chi connectivity index (χ2n) is 2.25. The van der Waals surface area contributed by atoms with E-state index in [1.54, 1.807) is 11.8 Å². The summed E-state index contributed by atoms with van der Waals surface area (Å²) in [5, 5.41) is 1.09. The first-order valence-electron chi connectivity index (χ1n) is 3.37. The Morgan fingerprint density at radius 2 is 2.36 bits per heavy atom. The second kappa shape index (κ2) is 2.58. The maximum atomic E-state index is 4.24. The lowest BCUT2D eigenvalue weighted by atomic mass is 10.4. The molecule has 0 amide bonds. The van der Waals surface area contributed by atoms with Crippen LogP contribution in [0.5, 0.6) is 0 Å². The molecule has 0 spiro atoms. The van der Waals surface area contributed by atoms with E-state index < -0.39 is 0 Å². The van der Waals surface area contributed by atoms with Crippen molar-refractivity contribution in [3.8, 4) is 0 Å². The van der Waals surface area contributed by atoms with E-state index in [0.717, 1.165) is 5.03 Å². The summed E-state index contributed by atoms with van der Waals surface area (Å²) in [6.45, 7) is 0. The number of thioether (sulfide) groups is 1. The average molecular weight is 164 g/mol. The number of hydrogen-bond donors (Lipinski definition) is 0. The van der Waals surface area contributed by atoms with Gasteiger partial charge in [0.1, 0.15) is 11.4 Å². The van der Waals surface area contributed by atoms with Crippen molar-refractivity contribution in [1.29, 1.82) is 0 Å². The molecule has 0 aromatic carbocycles. The molecule has 0 aliphatic heterocycles. The number of nitrogens with zero attached hydrogens (tertiary/aromatic N) is 2. The zero-order chi connectivity index (χ0) is 7.68. The van der Waals surface area contributed by atoms with Gasteiger partial charge in [-0.25, -0.2) is 4.98 Å². The van der Waals surface area contributed by atoms with Gasteiger partial charge in [-0.15, -0.1) is 11.8 Å². The minimum atomic E-state index is 1.09. The number of aromatic nitrogens is 2. The van der Waals surface area contributed by atoms with Crippen LogP contribution in [0.4, 0.5) is 0 Å². The van der Waals surface area contributed by atoms with Gasteiger partial charge in [-0.2, -0.15) is 0 Å². The quantitative estimate of drug-likeness (QED) is 0.600. The highest BCUT2D eigenvalue weighted by atomic mass is 32.2. The van der Waals surface area contributed by atoms with E-state index in [2.05, 4.69) is 11.1 Å². The summed E-state index contributed by atoms with van der Waals surface area (Å²) < 4.78 is 2.02. The molecule has 0 saturated heterocycles. The van der Waals surface area contributed by atoms with Crippen molar-refractivity contribution in [2.24, 2.45) is 0 Å². The summed E-state index contributed by atoms with van der Waals surface area (Å²) in [7, 11) is 0. The fraction of sp³-hybridized carbons (Fsp3) is 0.125. The van der Waals surface area contributed by atoms with E-state index in [1.165, 1.54) is 5.52 Å². The van der Waals surface area contributed by atoms with Crippen LogP contribution in [0.25, 0.3) is 5.52 Å². The second-order valence-corrected chi connectivity index (χ2v) is 3.04. The van der Waals surface area contributed by atoms with Gasteiger partial charge >= 0.3 is 0 Å². The Morgan fingerprint density at radius 1 is 1.45 bits per heavy atom. The van der Waals surface area contributed by atoms with Gasteiger partial charge in [-0.3, -0.25) is 0 Å². The molecule has 2 aromatic heterocycles. The Labute approximate surface area is 69.3 Å². The van der Waals surface area contributed by atoms with E-state index in [9.17, 15) is 0 Å². The van der Waals surface area contributed by atoms with Crippen LogP contribution in [0.15, 0.2) is 35.7 Å². The van der Waals surface area contributed by atoms with Crippen molar-refractivity contribution in [3.63, 3.8) is 0 Å². The van der Waals surface area contributed by atoms with E-state index >= 15 is 0 Å². The number of imidazole rings is 1. The van der Waals surface area contributed by atoms with Gasteiger partial charge in [-0.1, -0.05) is 6.07 Å². The Morgan fingerprint density at radius 3 is 3.18 bits per heavy atom. The highest BCUT2D eigenvalue weighted by Gasteiger charge is 1.99. The summed E-state index contributed by atoms with van der Waals surface area (Å²) in [4.78, 5) is 4.24. The standard InChI is InChI=1S/C8H8N2S/c1-11-8-7-4-2-3-5-10(7)6-9-8/h2-6H,1H3. The first-order valence-corrected chi connectivity index (χ1v) is 4.60. The fourth-order valence-electron chi connectivity index (χ4n) is 1.08. The Bertz CT molecular complexity index is 367. The van der Waals surface area contributed by atoms with Crippen molar-refractivity contribution in [1.82, 2.24) is 9.38 Å². The van der Waals surface area contributed by atoms with Gasteiger partial charge in [0.05, 0.1) is 5.52 Å². The zero-order valence-corrected chi connectivity index (χ0v) is 7.01. The predicted octanol–water partition coefficient (Wildman–Crippen LogP) is 2.06. The molecule has 0 radical (unpaired) electrons. The zero-order valence-electron chi connectivity index (χ0n) is 6.19. The first kappa shape index (κ1) is 6.73. The van der Waals surface area contributed by atoms with Crippen LogP contribution in [0.3, 0.4) is 0 Å². The van der Waals surface area contributed by atoms with Gasteiger partial charge in [0.2, 0.25) is 0 Å². The third-order valence-corrected chi connectivity index (χ3v) is 2.30. The van der Waals surface area contributed by atoms with Crippen LogP contribution in [0.2, 0.25) is 0 Å². The Hall–Kier alpha value is -0.960. The highest BCUT2D eigenvalue weighted by molar-refractivity contribution is 7.98. The molecule has 0 aliphatic carbocycles. The minimum Gasteiger partial charge on any atom is -0.305 e. The van der Waals surface area contributed by atoms with E-state index in [1.807, 2.05) is 35.3 Å². The molecular formula is C8H8N2S. The molecule has 0 aliphatic rings. The number of rotatable bonds is 1. The lowest BCUT2D eigenvalue weighted by Gasteiger charge is -1.91. The largest absolute Gasteiger partial charge is 0.305 e. The van der Waals surface area contributed by atoms with Crippen molar-refractivity contribution in [3.05, 3.63) is 30.7 Å². The maximum absolute atomic E-state index is 4.24. The van der Waals surface area contributed by atoms with Gasteiger partial charge in [0.25, 0.3) is 0 Å². The van der Waals surface area contributed by atoms with Crippen LogP contribution < -0.4 is 0 Å². The molecular weight excluding hydrogens is 156 g/mol. The molecule has 3 heteroatoms. The van der Waals surface area contributed by atoms with Crippen LogP contribution in [0.1, 0.15) is 0 Å². The van der Waals surface area contributed by atoms with Gasteiger partial charge in [0, 0.05) is 6.20 Å². The van der Waals surface area contributed by atoms with Crippen molar-refractivity contribution in [2.45, 2.75) is 5.03 Å². The van der Waals surface area contributed by atoms with Crippen molar-refractivity contribution in [2.75, 3.05) is 6.26 Å². The van der Waals surface area contributed by atoms with Crippen molar-refractivity contribution >= 4 is 17.3 Å². The molecule has 2 heterocycles. The smallest absolute Gasteiger partial charge is 0.122 e. The van der Waals surface area contributed by atoms with Crippen LogP contribution in [0, 0.1) is 0 Å². The highest BCUT2D eigenvalue weighted by Crippen LogP contribution is 2.18. The predicted molar refractivity (Wildman–Crippen MR) is 47.0 cm³/mol. The summed E-state index contributed by atoms with van der Waals surface area (Å²) in [5.41, 5.74) is 1.18. The topological polar surface area (TPSA) is 17.3 Å². The Kier molecular flexibility index (Phi) is 1.58. The van der Waals surface area contributed by atoms with Gasteiger partial charge in [0.15, 0.2) is 0 Å². The normalized spacial score (nSPS) is 10.6. The third-order valence-electron chi connectivity index (χ3n) is 1.60. The molecule has 56 valence electrons. The molecule has 0 bridgehead atoms. The van der Waals surface area contributed by atoms with E-state index in [4.69, 9.17) is 0 Å². The van der Waals surface area contributed by atoms with Crippen LogP contribution >= 0.6 is 11.8 Å². The molecule has 0 saturated carbocycles. The monoisotopic (exact) mass is 164 g/mol. The molecule has 2 rings (SSSR count). The summed E-state index contributed by atoms with van der Waals surface area (Å²) >= 11 is 1.67.